The van der Waals surface area contributed by atoms with Gasteiger partial charge in [-0.15, -0.1) is 0 Å². The van der Waals surface area contributed by atoms with Crippen molar-refractivity contribution in [1.29, 1.82) is 0 Å². The number of nitrogens with zero attached hydrogens (tertiary/aromatic N) is 2. The van der Waals surface area contributed by atoms with Gasteiger partial charge in [0, 0.05) is 23.8 Å². The fourth-order valence-electron chi connectivity index (χ4n) is 2.47. The number of aromatic nitrogens is 2. The van der Waals surface area contributed by atoms with Gasteiger partial charge in [-0.25, -0.2) is 9.97 Å². The topological polar surface area (TPSA) is 76.1 Å². The smallest absolute Gasteiger partial charge is 0.258 e. The standard InChI is InChI=1S/C21H22N4O2/c1-3-15-5-7-17(8-6-15)24-20(26)16-13-22-21(23-14-16)25-18-9-11-19(12-10-18)27-4-2/h5-14H,3-4H2,1-2H3,(H,24,26)(H,22,23,25). The fraction of sp³-hybridized carbons (Fsp3) is 0.190. The number of ether oxygens (including phenoxy) is 1. The van der Waals surface area contributed by atoms with Crippen LogP contribution in [0, 0.1) is 0 Å². The van der Waals surface area contributed by atoms with Crippen molar-refractivity contribution in [3.8, 4) is 5.75 Å². The minimum absolute atomic E-state index is 0.244. The van der Waals surface area contributed by atoms with Crippen molar-refractivity contribution in [2.75, 3.05) is 17.2 Å². The van der Waals surface area contributed by atoms with E-state index in [-0.39, 0.29) is 5.91 Å². The lowest BCUT2D eigenvalue weighted by Crippen LogP contribution is -2.13. The normalized spacial score (nSPS) is 10.3. The van der Waals surface area contributed by atoms with Gasteiger partial charge in [0.05, 0.1) is 12.2 Å². The van der Waals surface area contributed by atoms with Crippen LogP contribution in [0.2, 0.25) is 0 Å². The second-order valence-corrected chi connectivity index (χ2v) is 5.88. The van der Waals surface area contributed by atoms with Crippen LogP contribution in [0.5, 0.6) is 5.75 Å². The summed E-state index contributed by atoms with van der Waals surface area (Å²) in [6.45, 7) is 4.66. The number of carbonyl (C=O) groups is 1. The monoisotopic (exact) mass is 362 g/mol. The van der Waals surface area contributed by atoms with E-state index in [4.69, 9.17) is 4.74 Å². The molecule has 3 rings (SSSR count). The summed E-state index contributed by atoms with van der Waals surface area (Å²) in [5, 5.41) is 5.94. The second kappa shape index (κ2) is 8.80. The summed E-state index contributed by atoms with van der Waals surface area (Å²) < 4.78 is 5.41. The third kappa shape index (κ3) is 5.04. The van der Waals surface area contributed by atoms with E-state index >= 15 is 0 Å². The Kier molecular flexibility index (Phi) is 5.99. The molecule has 0 aliphatic heterocycles. The Morgan fingerprint density at radius 1 is 0.926 bits per heavy atom. The molecule has 0 bridgehead atoms. The van der Waals surface area contributed by atoms with Crippen LogP contribution >= 0.6 is 0 Å². The van der Waals surface area contributed by atoms with Gasteiger partial charge in [-0.05, 0) is 55.3 Å². The SMILES string of the molecule is CCOc1ccc(Nc2ncc(C(=O)Nc3ccc(CC)cc3)cn2)cc1. The van der Waals surface area contributed by atoms with E-state index in [1.54, 1.807) is 0 Å². The lowest BCUT2D eigenvalue weighted by atomic mass is 10.1. The molecule has 138 valence electrons. The van der Waals surface area contributed by atoms with Crippen molar-refractivity contribution < 1.29 is 9.53 Å². The van der Waals surface area contributed by atoms with Crippen LogP contribution in [-0.2, 0) is 6.42 Å². The highest BCUT2D eigenvalue weighted by atomic mass is 16.5. The molecule has 6 heteroatoms. The summed E-state index contributed by atoms with van der Waals surface area (Å²) in [6, 6.07) is 15.3. The zero-order chi connectivity index (χ0) is 19.1. The number of hydrogen-bond donors (Lipinski definition) is 2. The van der Waals surface area contributed by atoms with Crippen molar-refractivity contribution in [3.05, 3.63) is 72.1 Å². The highest BCUT2D eigenvalue weighted by molar-refractivity contribution is 6.03. The van der Waals surface area contributed by atoms with E-state index in [0.29, 0.717) is 18.1 Å². The molecule has 0 atom stereocenters. The van der Waals surface area contributed by atoms with Crippen LogP contribution in [-0.4, -0.2) is 22.5 Å². The van der Waals surface area contributed by atoms with Crippen molar-refractivity contribution in [2.45, 2.75) is 20.3 Å². The number of nitrogens with one attached hydrogen (secondary N) is 2. The van der Waals surface area contributed by atoms with Gasteiger partial charge in [0.2, 0.25) is 5.95 Å². The van der Waals surface area contributed by atoms with Crippen molar-refractivity contribution in [2.24, 2.45) is 0 Å². The Balaban J connectivity index is 1.61. The van der Waals surface area contributed by atoms with E-state index in [0.717, 1.165) is 23.5 Å². The molecule has 1 amide bonds. The molecule has 2 aromatic carbocycles. The number of rotatable bonds is 7. The van der Waals surface area contributed by atoms with Crippen LogP contribution < -0.4 is 15.4 Å². The molecule has 1 aromatic heterocycles. The summed E-state index contributed by atoms with van der Waals surface area (Å²) in [5.74, 6) is 0.984. The third-order valence-corrected chi connectivity index (χ3v) is 3.96. The van der Waals surface area contributed by atoms with Gasteiger partial charge in [0.1, 0.15) is 5.75 Å². The first-order chi connectivity index (χ1) is 13.2. The van der Waals surface area contributed by atoms with Crippen molar-refractivity contribution >= 4 is 23.2 Å². The van der Waals surface area contributed by atoms with Gasteiger partial charge in [-0.3, -0.25) is 4.79 Å². The molecule has 27 heavy (non-hydrogen) atoms. The van der Waals surface area contributed by atoms with Crippen LogP contribution in [0.3, 0.4) is 0 Å². The summed E-state index contributed by atoms with van der Waals surface area (Å²) in [5.41, 5.74) is 3.20. The quantitative estimate of drug-likeness (QED) is 0.650. The summed E-state index contributed by atoms with van der Waals surface area (Å²) in [7, 11) is 0. The maximum absolute atomic E-state index is 12.3. The first-order valence-corrected chi connectivity index (χ1v) is 8.90. The van der Waals surface area contributed by atoms with Gasteiger partial charge in [0.25, 0.3) is 5.91 Å². The first-order valence-electron chi connectivity index (χ1n) is 8.90. The van der Waals surface area contributed by atoms with E-state index in [1.165, 1.54) is 18.0 Å². The van der Waals surface area contributed by atoms with Gasteiger partial charge in [0.15, 0.2) is 0 Å². The first kappa shape index (κ1) is 18.4. The van der Waals surface area contributed by atoms with Gasteiger partial charge in [-0.2, -0.15) is 0 Å². The van der Waals surface area contributed by atoms with Gasteiger partial charge in [-0.1, -0.05) is 19.1 Å². The maximum Gasteiger partial charge on any atom is 0.258 e. The Morgan fingerprint density at radius 3 is 2.15 bits per heavy atom. The molecular formula is C21H22N4O2. The summed E-state index contributed by atoms with van der Waals surface area (Å²) in [6.07, 6.45) is 3.96. The molecule has 0 unspecified atom stereocenters. The van der Waals surface area contributed by atoms with E-state index in [9.17, 15) is 4.79 Å². The molecule has 0 saturated carbocycles. The van der Waals surface area contributed by atoms with Gasteiger partial charge < -0.3 is 15.4 Å². The van der Waals surface area contributed by atoms with Gasteiger partial charge >= 0.3 is 0 Å². The molecule has 3 aromatic rings. The lowest BCUT2D eigenvalue weighted by molar-refractivity contribution is 0.102. The van der Waals surface area contributed by atoms with Crippen LogP contribution in [0.4, 0.5) is 17.3 Å². The minimum Gasteiger partial charge on any atom is -0.494 e. The highest BCUT2D eigenvalue weighted by Gasteiger charge is 2.08. The van der Waals surface area contributed by atoms with Crippen molar-refractivity contribution in [3.63, 3.8) is 0 Å². The van der Waals surface area contributed by atoms with E-state index < -0.39 is 0 Å². The molecule has 6 nitrogen and oxygen atoms in total. The largest absolute Gasteiger partial charge is 0.494 e. The van der Waals surface area contributed by atoms with Crippen LogP contribution in [0.25, 0.3) is 0 Å². The van der Waals surface area contributed by atoms with Crippen LogP contribution in [0.15, 0.2) is 60.9 Å². The minimum atomic E-state index is -0.244. The number of aryl methyl sites for hydroxylation is 1. The second-order valence-electron chi connectivity index (χ2n) is 5.88. The molecular weight excluding hydrogens is 340 g/mol. The van der Waals surface area contributed by atoms with E-state index in [2.05, 4.69) is 27.5 Å². The molecule has 1 heterocycles. The average Bonchev–Trinajstić information content (AvgIpc) is 2.71. The number of carbonyl (C=O) groups excluding carboxylic acids is 1. The highest BCUT2D eigenvalue weighted by Crippen LogP contribution is 2.18. The Hall–Kier alpha value is -3.41. The van der Waals surface area contributed by atoms with E-state index in [1.807, 2.05) is 55.5 Å². The molecule has 0 radical (unpaired) electrons. The molecule has 0 spiro atoms. The zero-order valence-corrected chi connectivity index (χ0v) is 15.4. The maximum atomic E-state index is 12.3. The molecule has 0 saturated heterocycles. The number of amides is 1. The molecule has 0 fully saturated rings. The Morgan fingerprint density at radius 2 is 1.56 bits per heavy atom. The summed E-state index contributed by atoms with van der Waals surface area (Å²) >= 11 is 0. The predicted molar refractivity (Wildman–Crippen MR) is 107 cm³/mol. The molecule has 0 aliphatic rings. The predicted octanol–water partition coefficient (Wildman–Crippen LogP) is 4.43. The molecule has 0 aliphatic carbocycles. The Bertz CT molecular complexity index is 876. The summed E-state index contributed by atoms with van der Waals surface area (Å²) in [4.78, 5) is 20.7. The number of hydrogen-bond acceptors (Lipinski definition) is 5. The van der Waals surface area contributed by atoms with Crippen LogP contribution in [0.1, 0.15) is 29.8 Å². The lowest BCUT2D eigenvalue weighted by Gasteiger charge is -2.08. The molecule has 2 N–H and O–H groups in total. The van der Waals surface area contributed by atoms with Crippen molar-refractivity contribution in [1.82, 2.24) is 9.97 Å². The Labute approximate surface area is 158 Å². The number of anilines is 3. The third-order valence-electron chi connectivity index (χ3n) is 3.96. The fourth-order valence-corrected chi connectivity index (χ4v) is 2.47. The average molecular weight is 362 g/mol. The zero-order valence-electron chi connectivity index (χ0n) is 15.4. The number of benzene rings is 2.